The van der Waals surface area contributed by atoms with Crippen LogP contribution in [0.2, 0.25) is 0 Å². The minimum Gasteiger partial charge on any atom is -0.379 e. The van der Waals surface area contributed by atoms with E-state index >= 15 is 0 Å². The molecule has 154 valence electrons. The number of morpholine rings is 1. The molecular weight excluding hydrogens is 369 g/mol. The number of anilines is 1. The van der Waals surface area contributed by atoms with Gasteiger partial charge in [0.05, 0.1) is 24.8 Å². The van der Waals surface area contributed by atoms with Crippen LogP contribution in [0.25, 0.3) is 0 Å². The molecule has 1 atom stereocenters. The van der Waals surface area contributed by atoms with Gasteiger partial charge in [-0.15, -0.1) is 0 Å². The Hall–Kier alpha value is -2.44. The average Bonchev–Trinajstić information content (AvgIpc) is 2.75. The molecule has 6 heteroatoms. The highest BCUT2D eigenvalue weighted by Gasteiger charge is 2.25. The standard InChI is InChI=1S/C23H28FN3O2/c1-26-10-4-5-17-15-18(8-9-21(17)26)22(27-11-13-29-14-12-27)16-25-23(28)19-6-2-3-7-20(19)24/h2-3,6-9,15,22H,4-5,10-14,16H2,1H3,(H,25,28). The Balaban J connectivity index is 1.55. The van der Waals surface area contributed by atoms with Gasteiger partial charge in [-0.2, -0.15) is 0 Å². The number of rotatable bonds is 5. The molecule has 4 rings (SSSR count). The predicted octanol–water partition coefficient (Wildman–Crippen LogP) is 3.01. The number of nitrogens with zero attached hydrogens (tertiary/aromatic N) is 2. The lowest BCUT2D eigenvalue weighted by Crippen LogP contribution is -2.44. The second-order valence-corrected chi connectivity index (χ2v) is 7.77. The van der Waals surface area contributed by atoms with Gasteiger partial charge in [-0.25, -0.2) is 4.39 Å². The smallest absolute Gasteiger partial charge is 0.254 e. The van der Waals surface area contributed by atoms with Crippen molar-refractivity contribution >= 4 is 11.6 Å². The lowest BCUT2D eigenvalue weighted by molar-refractivity contribution is 0.0162. The normalized spacial score (nSPS) is 18.2. The summed E-state index contributed by atoms with van der Waals surface area (Å²) in [5.41, 5.74) is 3.92. The number of carbonyl (C=O) groups excluding carboxylic acids is 1. The summed E-state index contributed by atoms with van der Waals surface area (Å²) >= 11 is 0. The van der Waals surface area contributed by atoms with E-state index in [2.05, 4.69) is 40.4 Å². The first-order valence-electron chi connectivity index (χ1n) is 10.3. The number of carbonyl (C=O) groups is 1. The van der Waals surface area contributed by atoms with E-state index in [0.29, 0.717) is 19.8 Å². The maximum Gasteiger partial charge on any atom is 0.254 e. The molecule has 0 aliphatic carbocycles. The SMILES string of the molecule is CN1CCCc2cc(C(CNC(=O)c3ccccc3F)N3CCOCC3)ccc21. The molecule has 2 aromatic rings. The highest BCUT2D eigenvalue weighted by atomic mass is 19.1. The Kier molecular flexibility index (Phi) is 6.11. The molecular formula is C23H28FN3O2. The van der Waals surface area contributed by atoms with Crippen LogP contribution in [0.5, 0.6) is 0 Å². The first-order valence-corrected chi connectivity index (χ1v) is 10.3. The molecule has 0 aromatic heterocycles. The summed E-state index contributed by atoms with van der Waals surface area (Å²) < 4.78 is 19.5. The molecule has 1 saturated heterocycles. The fraction of sp³-hybridized carbons (Fsp3) is 0.435. The van der Waals surface area contributed by atoms with Crippen LogP contribution in [0, 0.1) is 5.82 Å². The number of ether oxygens (including phenoxy) is 1. The zero-order valence-corrected chi connectivity index (χ0v) is 16.9. The Morgan fingerprint density at radius 1 is 1.17 bits per heavy atom. The molecule has 2 aromatic carbocycles. The molecule has 5 nitrogen and oxygen atoms in total. The zero-order valence-electron chi connectivity index (χ0n) is 16.9. The van der Waals surface area contributed by atoms with Gasteiger partial charge in [-0.1, -0.05) is 24.3 Å². The zero-order chi connectivity index (χ0) is 20.2. The molecule has 1 fully saturated rings. The first-order chi connectivity index (χ1) is 14.1. The van der Waals surface area contributed by atoms with Crippen LogP contribution in [0.3, 0.4) is 0 Å². The van der Waals surface area contributed by atoms with Crippen LogP contribution in [-0.4, -0.2) is 57.2 Å². The molecule has 0 bridgehead atoms. The molecule has 0 radical (unpaired) electrons. The van der Waals surface area contributed by atoms with E-state index in [0.717, 1.165) is 32.5 Å². The van der Waals surface area contributed by atoms with Crippen molar-refractivity contribution in [1.29, 1.82) is 0 Å². The third-order valence-corrected chi connectivity index (χ3v) is 5.90. The molecule has 1 N–H and O–H groups in total. The van der Waals surface area contributed by atoms with E-state index in [-0.39, 0.29) is 17.5 Å². The van der Waals surface area contributed by atoms with Gasteiger partial charge in [-0.05, 0) is 42.2 Å². The maximum atomic E-state index is 14.0. The Labute approximate surface area is 171 Å². The molecule has 29 heavy (non-hydrogen) atoms. The van der Waals surface area contributed by atoms with Crippen LogP contribution < -0.4 is 10.2 Å². The lowest BCUT2D eigenvalue weighted by Gasteiger charge is -2.36. The minimum atomic E-state index is -0.496. The second-order valence-electron chi connectivity index (χ2n) is 7.77. The first kappa shape index (κ1) is 19.9. The summed E-state index contributed by atoms with van der Waals surface area (Å²) in [5.74, 6) is -0.871. The number of halogens is 1. The summed E-state index contributed by atoms with van der Waals surface area (Å²) in [4.78, 5) is 17.2. The average molecular weight is 397 g/mol. The van der Waals surface area contributed by atoms with Crippen molar-refractivity contribution in [3.05, 3.63) is 65.0 Å². The van der Waals surface area contributed by atoms with Crippen LogP contribution >= 0.6 is 0 Å². The van der Waals surface area contributed by atoms with Gasteiger partial charge in [0, 0.05) is 38.9 Å². The molecule has 1 unspecified atom stereocenters. The van der Waals surface area contributed by atoms with E-state index in [9.17, 15) is 9.18 Å². The topological polar surface area (TPSA) is 44.8 Å². The van der Waals surface area contributed by atoms with Gasteiger partial charge in [0.2, 0.25) is 0 Å². The van der Waals surface area contributed by atoms with Crippen LogP contribution in [-0.2, 0) is 11.2 Å². The quantitative estimate of drug-likeness (QED) is 0.843. The van der Waals surface area contributed by atoms with Gasteiger partial charge in [-0.3, -0.25) is 9.69 Å². The minimum absolute atomic E-state index is 0.0344. The number of amides is 1. The number of hydrogen-bond acceptors (Lipinski definition) is 4. The number of benzene rings is 2. The largest absolute Gasteiger partial charge is 0.379 e. The monoisotopic (exact) mass is 397 g/mol. The fourth-order valence-corrected chi connectivity index (χ4v) is 4.29. The Bertz CT molecular complexity index is 867. The number of hydrogen-bond donors (Lipinski definition) is 1. The van der Waals surface area contributed by atoms with Gasteiger partial charge in [0.1, 0.15) is 5.82 Å². The molecule has 2 aliphatic heterocycles. The van der Waals surface area contributed by atoms with Gasteiger partial charge in [0.15, 0.2) is 0 Å². The van der Waals surface area contributed by atoms with Gasteiger partial charge >= 0.3 is 0 Å². The lowest BCUT2D eigenvalue weighted by atomic mass is 9.95. The summed E-state index contributed by atoms with van der Waals surface area (Å²) in [5, 5.41) is 2.95. The fourth-order valence-electron chi connectivity index (χ4n) is 4.29. The number of fused-ring (bicyclic) bond motifs is 1. The van der Waals surface area contributed by atoms with Crippen molar-refractivity contribution in [2.24, 2.45) is 0 Å². The third-order valence-electron chi connectivity index (χ3n) is 5.90. The summed E-state index contributed by atoms with van der Waals surface area (Å²) in [6.07, 6.45) is 2.23. The third kappa shape index (κ3) is 4.43. The predicted molar refractivity (Wildman–Crippen MR) is 112 cm³/mol. The van der Waals surface area contributed by atoms with Crippen molar-refractivity contribution in [1.82, 2.24) is 10.2 Å². The van der Waals surface area contributed by atoms with Crippen LogP contribution in [0.4, 0.5) is 10.1 Å². The molecule has 1 amide bonds. The Morgan fingerprint density at radius 2 is 1.97 bits per heavy atom. The molecule has 2 aliphatic rings. The van der Waals surface area contributed by atoms with Crippen molar-refractivity contribution in [2.45, 2.75) is 18.9 Å². The van der Waals surface area contributed by atoms with E-state index in [1.54, 1.807) is 12.1 Å². The van der Waals surface area contributed by atoms with Crippen molar-refractivity contribution in [2.75, 3.05) is 51.3 Å². The summed E-state index contributed by atoms with van der Waals surface area (Å²) in [7, 11) is 2.13. The second kappa shape index (κ2) is 8.93. The van der Waals surface area contributed by atoms with Crippen molar-refractivity contribution in [3.63, 3.8) is 0 Å². The molecule has 0 saturated carbocycles. The van der Waals surface area contributed by atoms with Crippen LogP contribution in [0.1, 0.15) is 33.9 Å². The summed E-state index contributed by atoms with van der Waals surface area (Å²) in [6, 6.07) is 12.8. The van der Waals surface area contributed by atoms with Crippen molar-refractivity contribution in [3.8, 4) is 0 Å². The molecule has 0 spiro atoms. The molecule has 2 heterocycles. The van der Waals surface area contributed by atoms with Gasteiger partial charge in [0.25, 0.3) is 5.91 Å². The van der Waals surface area contributed by atoms with E-state index in [1.807, 2.05) is 0 Å². The van der Waals surface area contributed by atoms with E-state index in [4.69, 9.17) is 4.74 Å². The van der Waals surface area contributed by atoms with E-state index < -0.39 is 5.82 Å². The number of nitrogens with one attached hydrogen (secondary N) is 1. The highest BCUT2D eigenvalue weighted by molar-refractivity contribution is 5.94. The van der Waals surface area contributed by atoms with Crippen LogP contribution in [0.15, 0.2) is 42.5 Å². The maximum absolute atomic E-state index is 14.0. The number of aryl methyl sites for hydroxylation is 1. The Morgan fingerprint density at radius 3 is 2.76 bits per heavy atom. The van der Waals surface area contributed by atoms with Crippen molar-refractivity contribution < 1.29 is 13.9 Å². The highest BCUT2D eigenvalue weighted by Crippen LogP contribution is 2.31. The van der Waals surface area contributed by atoms with Gasteiger partial charge < -0.3 is 15.0 Å². The summed E-state index contributed by atoms with van der Waals surface area (Å²) in [6.45, 7) is 4.52. The van der Waals surface area contributed by atoms with E-state index in [1.165, 1.54) is 28.9 Å².